The maximum absolute atomic E-state index is 5.49. The first-order chi connectivity index (χ1) is 8.83. The van der Waals surface area contributed by atoms with Crippen molar-refractivity contribution < 1.29 is 4.74 Å². The van der Waals surface area contributed by atoms with E-state index in [4.69, 9.17) is 4.74 Å². The van der Waals surface area contributed by atoms with Gasteiger partial charge in [-0.1, -0.05) is 19.4 Å². The van der Waals surface area contributed by atoms with E-state index in [1.165, 1.54) is 17.7 Å². The molecule has 0 amide bonds. The first-order valence-electron chi connectivity index (χ1n) is 6.82. The number of likely N-dealkylation sites (N-methyl/N-ethyl adjacent to an activating group) is 1. The summed E-state index contributed by atoms with van der Waals surface area (Å²) in [6, 6.07) is 4.30. The predicted molar refractivity (Wildman–Crippen MR) is 79.2 cm³/mol. The Bertz CT molecular complexity index is 277. The molecule has 0 aliphatic heterocycles. The van der Waals surface area contributed by atoms with Gasteiger partial charge in [0.1, 0.15) is 0 Å². The van der Waals surface area contributed by atoms with Crippen molar-refractivity contribution in [1.82, 2.24) is 10.2 Å². The standard InChI is InChI=1S/C14H26N2OS/c1-3-4-10-17-11-8-15-7-9-16(2)13-14-6-5-12-18-14/h5-6,12,15H,3-4,7-11,13H2,1-2H3. The Morgan fingerprint density at radius 2 is 2.22 bits per heavy atom. The number of hydrogen-bond donors (Lipinski definition) is 1. The predicted octanol–water partition coefficient (Wildman–Crippen LogP) is 2.59. The molecule has 0 aliphatic rings. The third-order valence-corrected chi connectivity index (χ3v) is 3.60. The maximum Gasteiger partial charge on any atom is 0.0590 e. The molecule has 0 saturated carbocycles. The maximum atomic E-state index is 5.49. The Balaban J connectivity index is 1.88. The van der Waals surface area contributed by atoms with Crippen LogP contribution < -0.4 is 5.32 Å². The Hall–Kier alpha value is -0.420. The summed E-state index contributed by atoms with van der Waals surface area (Å²) in [6.07, 6.45) is 2.38. The van der Waals surface area contributed by atoms with E-state index in [9.17, 15) is 0 Å². The number of nitrogens with zero attached hydrogens (tertiary/aromatic N) is 1. The second-order valence-electron chi connectivity index (χ2n) is 4.53. The van der Waals surface area contributed by atoms with E-state index < -0.39 is 0 Å². The molecule has 0 fully saturated rings. The van der Waals surface area contributed by atoms with Crippen LogP contribution in [-0.4, -0.2) is 44.8 Å². The van der Waals surface area contributed by atoms with Gasteiger partial charge in [0.25, 0.3) is 0 Å². The zero-order valence-corrected chi connectivity index (χ0v) is 12.5. The van der Waals surface area contributed by atoms with E-state index in [2.05, 4.69) is 41.7 Å². The lowest BCUT2D eigenvalue weighted by molar-refractivity contribution is 0.132. The lowest BCUT2D eigenvalue weighted by atomic mass is 10.4. The fourth-order valence-corrected chi connectivity index (χ4v) is 2.42. The van der Waals surface area contributed by atoms with Gasteiger partial charge in [-0.25, -0.2) is 0 Å². The summed E-state index contributed by atoms with van der Waals surface area (Å²) >= 11 is 1.82. The highest BCUT2D eigenvalue weighted by Gasteiger charge is 2.00. The highest BCUT2D eigenvalue weighted by Crippen LogP contribution is 2.10. The summed E-state index contributed by atoms with van der Waals surface area (Å²) in [6.45, 7) is 8.02. The van der Waals surface area contributed by atoms with E-state index >= 15 is 0 Å². The van der Waals surface area contributed by atoms with Gasteiger partial charge in [0, 0.05) is 37.7 Å². The van der Waals surface area contributed by atoms with Crippen LogP contribution in [-0.2, 0) is 11.3 Å². The molecular formula is C14H26N2OS. The number of rotatable bonds is 11. The van der Waals surface area contributed by atoms with Crippen molar-refractivity contribution in [2.24, 2.45) is 0 Å². The van der Waals surface area contributed by atoms with Crippen LogP contribution in [0, 0.1) is 0 Å². The Morgan fingerprint density at radius 3 is 2.94 bits per heavy atom. The largest absolute Gasteiger partial charge is 0.380 e. The molecule has 1 aromatic rings. The smallest absolute Gasteiger partial charge is 0.0590 e. The van der Waals surface area contributed by atoms with Crippen molar-refractivity contribution in [1.29, 1.82) is 0 Å². The van der Waals surface area contributed by atoms with Crippen LogP contribution in [0.5, 0.6) is 0 Å². The van der Waals surface area contributed by atoms with E-state index in [0.717, 1.165) is 39.4 Å². The Morgan fingerprint density at radius 1 is 1.33 bits per heavy atom. The molecule has 0 aromatic carbocycles. The van der Waals surface area contributed by atoms with Crippen LogP contribution in [0.15, 0.2) is 17.5 Å². The second-order valence-corrected chi connectivity index (χ2v) is 5.57. The fraction of sp³-hybridized carbons (Fsp3) is 0.714. The summed E-state index contributed by atoms with van der Waals surface area (Å²) in [7, 11) is 2.17. The molecule has 0 radical (unpaired) electrons. The van der Waals surface area contributed by atoms with E-state index in [-0.39, 0.29) is 0 Å². The van der Waals surface area contributed by atoms with Crippen LogP contribution >= 0.6 is 11.3 Å². The molecule has 4 heteroatoms. The summed E-state index contributed by atoms with van der Waals surface area (Å²) in [4.78, 5) is 3.77. The summed E-state index contributed by atoms with van der Waals surface area (Å²) in [5, 5.41) is 5.54. The third-order valence-electron chi connectivity index (χ3n) is 2.74. The number of nitrogens with one attached hydrogen (secondary N) is 1. The van der Waals surface area contributed by atoms with Gasteiger partial charge in [-0.3, -0.25) is 0 Å². The van der Waals surface area contributed by atoms with Crippen LogP contribution in [0.1, 0.15) is 24.6 Å². The van der Waals surface area contributed by atoms with Gasteiger partial charge < -0.3 is 15.0 Å². The van der Waals surface area contributed by atoms with Crippen molar-refractivity contribution in [3.8, 4) is 0 Å². The van der Waals surface area contributed by atoms with Crippen LogP contribution in [0.25, 0.3) is 0 Å². The molecule has 1 rings (SSSR count). The van der Waals surface area contributed by atoms with Crippen molar-refractivity contribution >= 4 is 11.3 Å². The average Bonchev–Trinajstić information content (AvgIpc) is 2.85. The molecule has 0 aliphatic carbocycles. The van der Waals surface area contributed by atoms with Crippen molar-refractivity contribution in [2.75, 3.05) is 39.9 Å². The SMILES string of the molecule is CCCCOCCNCCN(C)Cc1cccs1. The van der Waals surface area contributed by atoms with Gasteiger partial charge >= 0.3 is 0 Å². The van der Waals surface area contributed by atoms with Gasteiger partial charge in [-0.05, 0) is 24.9 Å². The number of thiophene rings is 1. The highest BCUT2D eigenvalue weighted by atomic mass is 32.1. The normalized spacial score (nSPS) is 11.3. The van der Waals surface area contributed by atoms with Gasteiger partial charge in [0.05, 0.1) is 6.61 Å². The summed E-state index contributed by atoms with van der Waals surface area (Å²) < 4.78 is 5.49. The lowest BCUT2D eigenvalue weighted by Gasteiger charge is -2.15. The van der Waals surface area contributed by atoms with Gasteiger partial charge in [0.15, 0.2) is 0 Å². The van der Waals surface area contributed by atoms with E-state index in [1.807, 2.05) is 11.3 Å². The first kappa shape index (κ1) is 15.6. The number of ether oxygens (including phenoxy) is 1. The monoisotopic (exact) mass is 270 g/mol. The molecule has 0 spiro atoms. The van der Waals surface area contributed by atoms with Crippen molar-refractivity contribution in [3.05, 3.63) is 22.4 Å². The van der Waals surface area contributed by atoms with Crippen LogP contribution in [0.3, 0.4) is 0 Å². The minimum atomic E-state index is 0.828. The molecular weight excluding hydrogens is 244 g/mol. The average molecular weight is 270 g/mol. The number of hydrogen-bond acceptors (Lipinski definition) is 4. The molecule has 104 valence electrons. The second kappa shape index (κ2) is 10.5. The first-order valence-corrected chi connectivity index (χ1v) is 7.70. The molecule has 0 bridgehead atoms. The van der Waals surface area contributed by atoms with Gasteiger partial charge in [-0.2, -0.15) is 0 Å². The molecule has 0 unspecified atom stereocenters. The van der Waals surface area contributed by atoms with Crippen LogP contribution in [0.2, 0.25) is 0 Å². The molecule has 1 heterocycles. The summed E-state index contributed by atoms with van der Waals surface area (Å²) in [5.41, 5.74) is 0. The molecule has 18 heavy (non-hydrogen) atoms. The molecule has 1 N–H and O–H groups in total. The molecule has 0 atom stereocenters. The minimum Gasteiger partial charge on any atom is -0.380 e. The number of unbranched alkanes of at least 4 members (excludes halogenated alkanes) is 1. The van der Waals surface area contributed by atoms with Crippen molar-refractivity contribution in [2.45, 2.75) is 26.3 Å². The Kier molecular flexibility index (Phi) is 9.12. The van der Waals surface area contributed by atoms with E-state index in [1.54, 1.807) is 0 Å². The quantitative estimate of drug-likeness (QED) is 0.626. The highest BCUT2D eigenvalue weighted by molar-refractivity contribution is 7.09. The zero-order chi connectivity index (χ0) is 13.1. The fourth-order valence-electron chi connectivity index (χ4n) is 1.64. The molecule has 1 aromatic heterocycles. The third kappa shape index (κ3) is 7.82. The van der Waals surface area contributed by atoms with E-state index in [0.29, 0.717) is 0 Å². The van der Waals surface area contributed by atoms with Gasteiger partial charge in [0.2, 0.25) is 0 Å². The Labute approximate surface area is 115 Å². The molecule has 0 saturated heterocycles. The minimum absolute atomic E-state index is 0.828. The zero-order valence-electron chi connectivity index (χ0n) is 11.7. The summed E-state index contributed by atoms with van der Waals surface area (Å²) in [5.74, 6) is 0. The lowest BCUT2D eigenvalue weighted by Crippen LogP contribution is -2.30. The van der Waals surface area contributed by atoms with Crippen LogP contribution in [0.4, 0.5) is 0 Å². The molecule has 3 nitrogen and oxygen atoms in total. The topological polar surface area (TPSA) is 24.5 Å². The van der Waals surface area contributed by atoms with Gasteiger partial charge in [-0.15, -0.1) is 11.3 Å². The van der Waals surface area contributed by atoms with Crippen molar-refractivity contribution in [3.63, 3.8) is 0 Å².